The molecule has 2 saturated carbocycles. The maximum absolute atomic E-state index is 12.7. The van der Waals surface area contributed by atoms with Crippen molar-refractivity contribution in [2.45, 2.75) is 32.1 Å². The van der Waals surface area contributed by atoms with Gasteiger partial charge in [-0.3, -0.25) is 19.4 Å². The van der Waals surface area contributed by atoms with Crippen molar-refractivity contribution in [3.63, 3.8) is 0 Å². The molecule has 3 heterocycles. The zero-order valence-electron chi connectivity index (χ0n) is 16.4. The molecule has 5 rings (SSSR count). The molecule has 1 aromatic rings. The van der Waals surface area contributed by atoms with E-state index < -0.39 is 0 Å². The van der Waals surface area contributed by atoms with E-state index in [0.29, 0.717) is 18.4 Å². The molecule has 7 nitrogen and oxygen atoms in total. The maximum Gasteiger partial charge on any atom is 0.233 e. The smallest absolute Gasteiger partial charge is 0.233 e. The second-order valence-electron chi connectivity index (χ2n) is 8.80. The monoisotopic (exact) mass is 383 g/mol. The van der Waals surface area contributed by atoms with E-state index in [9.17, 15) is 9.59 Å². The Morgan fingerprint density at radius 3 is 2.11 bits per heavy atom. The van der Waals surface area contributed by atoms with Crippen molar-refractivity contribution in [2.24, 2.45) is 23.7 Å². The number of unbranched alkanes of at least 4 members (excludes halogenated alkanes) is 1. The van der Waals surface area contributed by atoms with Crippen LogP contribution in [0.25, 0.3) is 0 Å². The van der Waals surface area contributed by atoms with Crippen LogP contribution in [0.1, 0.15) is 32.1 Å². The SMILES string of the molecule is O=C1[C@@H]2[C@@H]3CC[C@@H](C3)[C@@H]2C(=O)N1CCCCN1CCN(c2ncccn2)CC1. The van der Waals surface area contributed by atoms with Gasteiger partial charge in [0.2, 0.25) is 17.8 Å². The summed E-state index contributed by atoms with van der Waals surface area (Å²) in [7, 11) is 0. The van der Waals surface area contributed by atoms with E-state index >= 15 is 0 Å². The third-order valence-electron chi connectivity index (χ3n) is 7.33. The third-order valence-corrected chi connectivity index (χ3v) is 7.33. The molecule has 4 fully saturated rings. The number of likely N-dealkylation sites (tertiary alicyclic amines) is 1. The molecule has 2 saturated heterocycles. The minimum atomic E-state index is 0.0273. The molecule has 7 heteroatoms. The summed E-state index contributed by atoms with van der Waals surface area (Å²) in [5, 5.41) is 0. The number of anilines is 1. The number of carbonyl (C=O) groups is 2. The van der Waals surface area contributed by atoms with Crippen LogP contribution < -0.4 is 4.90 Å². The number of fused-ring (bicyclic) bond motifs is 5. The zero-order chi connectivity index (χ0) is 19.1. The third kappa shape index (κ3) is 3.09. The number of hydrogen-bond acceptors (Lipinski definition) is 6. The van der Waals surface area contributed by atoms with Crippen molar-refractivity contribution in [2.75, 3.05) is 44.2 Å². The molecule has 0 unspecified atom stereocenters. The van der Waals surface area contributed by atoms with Gasteiger partial charge in [-0.05, 0) is 56.6 Å². The van der Waals surface area contributed by atoms with Gasteiger partial charge in [0.05, 0.1) is 11.8 Å². The molecule has 4 aliphatic rings. The topological polar surface area (TPSA) is 69.6 Å². The number of piperazine rings is 1. The Kier molecular flexibility index (Phi) is 4.78. The average molecular weight is 383 g/mol. The van der Waals surface area contributed by atoms with Crippen LogP contribution in [0.4, 0.5) is 5.95 Å². The van der Waals surface area contributed by atoms with Crippen LogP contribution in [0.5, 0.6) is 0 Å². The first-order valence-corrected chi connectivity index (χ1v) is 10.8. The molecule has 2 bridgehead atoms. The van der Waals surface area contributed by atoms with Crippen LogP contribution in [-0.2, 0) is 9.59 Å². The first kappa shape index (κ1) is 18.0. The van der Waals surface area contributed by atoms with E-state index in [2.05, 4.69) is 19.8 Å². The van der Waals surface area contributed by atoms with Gasteiger partial charge in [0, 0.05) is 45.1 Å². The summed E-state index contributed by atoms with van der Waals surface area (Å²) < 4.78 is 0. The second-order valence-corrected chi connectivity index (χ2v) is 8.80. The van der Waals surface area contributed by atoms with Crippen molar-refractivity contribution >= 4 is 17.8 Å². The van der Waals surface area contributed by atoms with Gasteiger partial charge in [0.15, 0.2) is 0 Å². The molecule has 0 spiro atoms. The Hall–Kier alpha value is -2.02. The van der Waals surface area contributed by atoms with Crippen LogP contribution in [0.3, 0.4) is 0 Å². The molecular weight excluding hydrogens is 354 g/mol. The van der Waals surface area contributed by atoms with Crippen LogP contribution in [0, 0.1) is 23.7 Å². The summed E-state index contributed by atoms with van der Waals surface area (Å²) in [5.41, 5.74) is 0. The lowest BCUT2D eigenvalue weighted by atomic mass is 9.81. The van der Waals surface area contributed by atoms with Crippen molar-refractivity contribution < 1.29 is 9.59 Å². The van der Waals surface area contributed by atoms with Crippen molar-refractivity contribution in [3.05, 3.63) is 18.5 Å². The first-order chi connectivity index (χ1) is 13.7. The van der Waals surface area contributed by atoms with E-state index in [4.69, 9.17) is 0 Å². The first-order valence-electron chi connectivity index (χ1n) is 10.8. The molecule has 4 atom stereocenters. The molecule has 0 N–H and O–H groups in total. The zero-order valence-corrected chi connectivity index (χ0v) is 16.4. The van der Waals surface area contributed by atoms with Gasteiger partial charge in [-0.2, -0.15) is 0 Å². The lowest BCUT2D eigenvalue weighted by molar-refractivity contribution is -0.140. The van der Waals surface area contributed by atoms with E-state index in [1.54, 1.807) is 17.3 Å². The summed E-state index contributed by atoms with van der Waals surface area (Å²) in [4.78, 5) is 40.4. The normalized spacial score (nSPS) is 32.4. The van der Waals surface area contributed by atoms with E-state index in [0.717, 1.165) is 70.8 Å². The lowest BCUT2D eigenvalue weighted by Crippen LogP contribution is -2.47. The van der Waals surface area contributed by atoms with Gasteiger partial charge < -0.3 is 4.90 Å². The molecule has 0 aromatic carbocycles. The Morgan fingerprint density at radius 1 is 0.857 bits per heavy atom. The molecule has 0 radical (unpaired) electrons. The van der Waals surface area contributed by atoms with Gasteiger partial charge in [-0.1, -0.05) is 0 Å². The van der Waals surface area contributed by atoms with Gasteiger partial charge >= 0.3 is 0 Å². The van der Waals surface area contributed by atoms with E-state index in [1.165, 1.54) is 0 Å². The van der Waals surface area contributed by atoms with E-state index in [-0.39, 0.29) is 23.7 Å². The van der Waals surface area contributed by atoms with Crippen LogP contribution in [-0.4, -0.2) is 70.9 Å². The molecule has 28 heavy (non-hydrogen) atoms. The number of hydrogen-bond donors (Lipinski definition) is 0. The molecule has 2 aliphatic carbocycles. The summed E-state index contributed by atoms with van der Waals surface area (Å²) in [5.74, 6) is 2.12. The Bertz CT molecular complexity index is 706. The molecule has 150 valence electrons. The molecule has 1 aromatic heterocycles. The van der Waals surface area contributed by atoms with Gasteiger partial charge in [0.25, 0.3) is 0 Å². The van der Waals surface area contributed by atoms with Crippen molar-refractivity contribution in [3.8, 4) is 0 Å². The summed E-state index contributed by atoms with van der Waals surface area (Å²) in [6.07, 6.45) is 8.93. The average Bonchev–Trinajstić information content (AvgIpc) is 3.41. The minimum Gasteiger partial charge on any atom is -0.338 e. The second kappa shape index (κ2) is 7.43. The largest absolute Gasteiger partial charge is 0.338 e. The standard InChI is InChI=1S/C21H29N5O2/c27-19-17-15-4-5-16(14-15)18(17)20(28)26(19)9-2-1-8-24-10-12-25(13-11-24)21-22-6-3-7-23-21/h3,6-7,15-18H,1-2,4-5,8-14H2/t15-,16+,17-,18+. The fourth-order valence-corrected chi connectivity index (χ4v) is 5.92. The van der Waals surface area contributed by atoms with Crippen molar-refractivity contribution in [1.82, 2.24) is 19.8 Å². The highest BCUT2D eigenvalue weighted by Crippen LogP contribution is 2.56. The summed E-state index contributed by atoms with van der Waals surface area (Å²) in [6.45, 7) is 5.54. The molecular formula is C21H29N5O2. The van der Waals surface area contributed by atoms with Gasteiger partial charge in [-0.25, -0.2) is 9.97 Å². The Morgan fingerprint density at radius 2 is 1.46 bits per heavy atom. The van der Waals surface area contributed by atoms with Crippen LogP contribution in [0.2, 0.25) is 0 Å². The summed E-state index contributed by atoms with van der Waals surface area (Å²) >= 11 is 0. The number of amides is 2. The fraction of sp³-hybridized carbons (Fsp3) is 0.714. The maximum atomic E-state index is 12.7. The predicted molar refractivity (Wildman–Crippen MR) is 104 cm³/mol. The van der Waals surface area contributed by atoms with E-state index in [1.807, 2.05) is 6.07 Å². The molecule has 2 aliphatic heterocycles. The number of carbonyl (C=O) groups excluding carboxylic acids is 2. The Balaban J connectivity index is 1.05. The highest BCUT2D eigenvalue weighted by Gasteiger charge is 2.60. The highest BCUT2D eigenvalue weighted by atomic mass is 16.2. The van der Waals surface area contributed by atoms with Crippen LogP contribution in [0.15, 0.2) is 18.5 Å². The van der Waals surface area contributed by atoms with Crippen molar-refractivity contribution in [1.29, 1.82) is 0 Å². The van der Waals surface area contributed by atoms with Crippen LogP contribution >= 0.6 is 0 Å². The van der Waals surface area contributed by atoms with Gasteiger partial charge in [-0.15, -0.1) is 0 Å². The minimum absolute atomic E-state index is 0.0273. The highest BCUT2D eigenvalue weighted by molar-refractivity contribution is 6.06. The fourth-order valence-electron chi connectivity index (χ4n) is 5.92. The Labute approximate surface area is 166 Å². The molecule has 2 amide bonds. The lowest BCUT2D eigenvalue weighted by Gasteiger charge is -2.34. The predicted octanol–water partition coefficient (Wildman–Crippen LogP) is 1.41. The quantitative estimate of drug-likeness (QED) is 0.546. The number of imide groups is 1. The van der Waals surface area contributed by atoms with Gasteiger partial charge in [0.1, 0.15) is 0 Å². The number of nitrogens with zero attached hydrogens (tertiary/aromatic N) is 5. The number of rotatable bonds is 6. The number of aromatic nitrogens is 2. The summed E-state index contributed by atoms with van der Waals surface area (Å²) in [6, 6.07) is 1.84.